The average molecular weight is 257 g/mol. The van der Waals surface area contributed by atoms with E-state index in [1.54, 1.807) is 12.3 Å². The first-order valence-electron chi connectivity index (χ1n) is 5.87. The van der Waals surface area contributed by atoms with Crippen molar-refractivity contribution in [2.24, 2.45) is 0 Å². The lowest BCUT2D eigenvalue weighted by Gasteiger charge is -2.08. The minimum atomic E-state index is -0.484. The molecule has 0 aliphatic heterocycles. The van der Waals surface area contributed by atoms with Crippen molar-refractivity contribution >= 4 is 17.5 Å². The molecule has 2 N–H and O–H groups in total. The van der Waals surface area contributed by atoms with Crippen LogP contribution in [0.4, 0.5) is 16.2 Å². The van der Waals surface area contributed by atoms with Gasteiger partial charge in [-0.2, -0.15) is 0 Å². The summed E-state index contributed by atoms with van der Waals surface area (Å²) in [4.78, 5) is 15.3. The number of hydrogen-bond donors (Lipinski definition) is 2. The van der Waals surface area contributed by atoms with Gasteiger partial charge in [0.2, 0.25) is 0 Å². The van der Waals surface area contributed by atoms with Crippen LogP contribution in [0.1, 0.15) is 5.69 Å². The van der Waals surface area contributed by atoms with Crippen LogP contribution in [0.2, 0.25) is 0 Å². The maximum Gasteiger partial charge on any atom is 0.411 e. The summed E-state index contributed by atoms with van der Waals surface area (Å²) in [5.74, 6) is 0. The first kappa shape index (κ1) is 12.9. The van der Waals surface area contributed by atoms with Crippen LogP contribution in [0.25, 0.3) is 0 Å². The molecule has 98 valence electrons. The number of anilines is 2. The summed E-state index contributed by atoms with van der Waals surface area (Å²) < 4.78 is 4.54. The lowest BCUT2D eigenvalue weighted by molar-refractivity contribution is 0.187. The van der Waals surface area contributed by atoms with Gasteiger partial charge in [0.15, 0.2) is 0 Å². The van der Waals surface area contributed by atoms with Crippen molar-refractivity contribution in [1.82, 2.24) is 4.98 Å². The van der Waals surface area contributed by atoms with Gasteiger partial charge in [0.05, 0.1) is 19.3 Å². The van der Waals surface area contributed by atoms with Crippen molar-refractivity contribution < 1.29 is 9.53 Å². The van der Waals surface area contributed by atoms with Gasteiger partial charge in [0.1, 0.15) is 0 Å². The molecule has 1 heterocycles. The number of aromatic nitrogens is 1. The predicted molar refractivity (Wildman–Crippen MR) is 74.0 cm³/mol. The molecular weight excluding hydrogens is 242 g/mol. The standard InChI is InChI=1S/C14H15N3O2/c1-19-14(18)17-12-7-4-6-11(9-12)16-10-13-5-2-3-8-15-13/h2-9,16H,10H2,1H3,(H,17,18). The molecule has 0 radical (unpaired) electrons. The number of ether oxygens (including phenoxy) is 1. The third-order valence-electron chi connectivity index (χ3n) is 2.49. The van der Waals surface area contributed by atoms with E-state index < -0.39 is 6.09 Å². The molecular formula is C14H15N3O2. The number of benzene rings is 1. The zero-order valence-electron chi connectivity index (χ0n) is 10.6. The fourth-order valence-corrected chi connectivity index (χ4v) is 1.57. The Morgan fingerprint density at radius 2 is 2.05 bits per heavy atom. The topological polar surface area (TPSA) is 63.2 Å². The van der Waals surface area contributed by atoms with Crippen LogP contribution < -0.4 is 10.6 Å². The largest absolute Gasteiger partial charge is 0.453 e. The molecule has 5 heteroatoms. The van der Waals surface area contributed by atoms with Gasteiger partial charge in [-0.05, 0) is 30.3 Å². The molecule has 0 saturated heterocycles. The molecule has 19 heavy (non-hydrogen) atoms. The Hall–Kier alpha value is -2.56. The maximum absolute atomic E-state index is 11.1. The maximum atomic E-state index is 11.1. The normalized spacial score (nSPS) is 9.74. The highest BCUT2D eigenvalue weighted by atomic mass is 16.5. The third kappa shape index (κ3) is 3.99. The minimum Gasteiger partial charge on any atom is -0.453 e. The fraction of sp³-hybridized carbons (Fsp3) is 0.143. The summed E-state index contributed by atoms with van der Waals surface area (Å²) in [6, 6.07) is 13.2. The predicted octanol–water partition coefficient (Wildman–Crippen LogP) is 2.87. The van der Waals surface area contributed by atoms with Gasteiger partial charge in [-0.15, -0.1) is 0 Å². The smallest absolute Gasteiger partial charge is 0.411 e. The summed E-state index contributed by atoms with van der Waals surface area (Å²) in [5, 5.41) is 5.85. The van der Waals surface area contributed by atoms with Crippen LogP contribution in [0, 0.1) is 0 Å². The molecule has 0 saturated carbocycles. The second-order valence-corrected chi connectivity index (χ2v) is 3.87. The van der Waals surface area contributed by atoms with Crippen LogP contribution in [0.15, 0.2) is 48.7 Å². The van der Waals surface area contributed by atoms with Gasteiger partial charge in [0.25, 0.3) is 0 Å². The Kier molecular flexibility index (Phi) is 4.34. The molecule has 0 atom stereocenters. The number of nitrogens with zero attached hydrogens (tertiary/aromatic N) is 1. The van der Waals surface area contributed by atoms with Crippen LogP contribution >= 0.6 is 0 Å². The summed E-state index contributed by atoms with van der Waals surface area (Å²) >= 11 is 0. The molecule has 0 spiro atoms. The summed E-state index contributed by atoms with van der Waals surface area (Å²) in [6.07, 6.45) is 1.27. The first-order chi connectivity index (χ1) is 9.28. The highest BCUT2D eigenvalue weighted by Gasteiger charge is 2.01. The zero-order chi connectivity index (χ0) is 13.5. The first-order valence-corrected chi connectivity index (χ1v) is 5.87. The van der Waals surface area contributed by atoms with E-state index in [9.17, 15) is 4.79 Å². The van der Waals surface area contributed by atoms with Gasteiger partial charge >= 0.3 is 6.09 Å². The van der Waals surface area contributed by atoms with Crippen molar-refractivity contribution in [3.63, 3.8) is 0 Å². The fourth-order valence-electron chi connectivity index (χ4n) is 1.57. The van der Waals surface area contributed by atoms with Crippen molar-refractivity contribution in [2.75, 3.05) is 17.7 Å². The van der Waals surface area contributed by atoms with Gasteiger partial charge in [-0.25, -0.2) is 4.79 Å². The lowest BCUT2D eigenvalue weighted by Crippen LogP contribution is -2.11. The van der Waals surface area contributed by atoms with E-state index in [-0.39, 0.29) is 0 Å². The summed E-state index contributed by atoms with van der Waals surface area (Å²) in [7, 11) is 1.33. The third-order valence-corrected chi connectivity index (χ3v) is 2.49. The number of pyridine rings is 1. The van der Waals surface area contributed by atoms with Gasteiger partial charge in [0, 0.05) is 17.6 Å². The Balaban J connectivity index is 1.97. The van der Waals surface area contributed by atoms with Crippen molar-refractivity contribution in [3.8, 4) is 0 Å². The van der Waals surface area contributed by atoms with Crippen LogP contribution in [-0.2, 0) is 11.3 Å². The summed E-state index contributed by atoms with van der Waals surface area (Å²) in [6.45, 7) is 0.627. The van der Waals surface area contributed by atoms with Crippen molar-refractivity contribution in [3.05, 3.63) is 54.4 Å². The monoisotopic (exact) mass is 257 g/mol. The molecule has 0 unspecified atom stereocenters. The Labute approximate surface area is 111 Å². The Bertz CT molecular complexity index is 543. The molecule has 2 aromatic rings. The quantitative estimate of drug-likeness (QED) is 0.884. The number of hydrogen-bond acceptors (Lipinski definition) is 4. The van der Waals surface area contributed by atoms with Crippen LogP contribution in [0.3, 0.4) is 0 Å². The van der Waals surface area contributed by atoms with Gasteiger partial charge < -0.3 is 10.1 Å². The van der Waals surface area contributed by atoms with Crippen molar-refractivity contribution in [2.45, 2.75) is 6.54 Å². The molecule has 0 fully saturated rings. The van der Waals surface area contributed by atoms with E-state index in [4.69, 9.17) is 0 Å². The van der Waals surface area contributed by atoms with E-state index >= 15 is 0 Å². The molecule has 1 aromatic heterocycles. The van der Waals surface area contributed by atoms with E-state index in [0.717, 1.165) is 11.4 Å². The Morgan fingerprint density at radius 1 is 1.21 bits per heavy atom. The van der Waals surface area contributed by atoms with Crippen LogP contribution in [0.5, 0.6) is 0 Å². The summed E-state index contributed by atoms with van der Waals surface area (Å²) in [5.41, 5.74) is 2.53. The number of rotatable bonds is 4. The number of nitrogens with one attached hydrogen (secondary N) is 2. The van der Waals surface area contributed by atoms with E-state index in [2.05, 4.69) is 20.4 Å². The molecule has 2 rings (SSSR count). The highest BCUT2D eigenvalue weighted by molar-refractivity contribution is 5.85. The van der Waals surface area contributed by atoms with E-state index in [0.29, 0.717) is 12.2 Å². The van der Waals surface area contributed by atoms with Crippen LogP contribution in [-0.4, -0.2) is 18.2 Å². The molecule has 0 aliphatic rings. The SMILES string of the molecule is COC(=O)Nc1cccc(NCc2ccccn2)c1. The number of methoxy groups -OCH3 is 1. The molecule has 1 aromatic carbocycles. The highest BCUT2D eigenvalue weighted by Crippen LogP contribution is 2.15. The van der Waals surface area contributed by atoms with Gasteiger partial charge in [-0.1, -0.05) is 12.1 Å². The molecule has 1 amide bonds. The lowest BCUT2D eigenvalue weighted by atomic mass is 10.2. The minimum absolute atomic E-state index is 0.484. The zero-order valence-corrected chi connectivity index (χ0v) is 10.6. The number of carbonyl (C=O) groups excluding carboxylic acids is 1. The van der Waals surface area contributed by atoms with Crippen molar-refractivity contribution in [1.29, 1.82) is 0 Å². The number of amides is 1. The Morgan fingerprint density at radius 3 is 2.79 bits per heavy atom. The van der Waals surface area contributed by atoms with E-state index in [1.807, 2.05) is 36.4 Å². The number of carbonyl (C=O) groups is 1. The molecule has 5 nitrogen and oxygen atoms in total. The van der Waals surface area contributed by atoms with E-state index in [1.165, 1.54) is 7.11 Å². The second kappa shape index (κ2) is 6.39. The average Bonchev–Trinajstić information content (AvgIpc) is 2.46. The molecule has 0 bridgehead atoms. The van der Waals surface area contributed by atoms with Gasteiger partial charge in [-0.3, -0.25) is 10.3 Å². The molecule has 0 aliphatic carbocycles. The second-order valence-electron chi connectivity index (χ2n) is 3.87.